The average molecular weight is 354 g/mol. The third kappa shape index (κ3) is 17.1. The maximum atomic E-state index is 2.59. The Bertz CT molecular complexity index is 234. The number of rotatable bonds is 20. The molecule has 0 amide bonds. The molecule has 0 spiro atoms. The first-order chi connectivity index (χ1) is 12.3. The van der Waals surface area contributed by atoms with Gasteiger partial charge in [0.2, 0.25) is 0 Å². The number of unbranched alkanes of at least 4 members (excludes halogenated alkanes) is 15. The van der Waals surface area contributed by atoms with Gasteiger partial charge >= 0.3 is 0 Å². The van der Waals surface area contributed by atoms with Gasteiger partial charge in [-0.2, -0.15) is 0 Å². The normalized spacial score (nSPS) is 12.8. The van der Waals surface area contributed by atoms with Crippen LogP contribution in [0.3, 0.4) is 0 Å². The van der Waals surface area contributed by atoms with Gasteiger partial charge in [-0.3, -0.25) is 0 Å². The van der Waals surface area contributed by atoms with Crippen molar-refractivity contribution in [1.82, 2.24) is 4.90 Å². The molecule has 0 aliphatic heterocycles. The van der Waals surface area contributed by atoms with Crippen molar-refractivity contribution < 1.29 is 0 Å². The van der Waals surface area contributed by atoms with Crippen LogP contribution in [0.2, 0.25) is 0 Å². The number of hydrogen-bond acceptors (Lipinski definition) is 1. The molecule has 0 aromatic rings. The minimum Gasteiger partial charge on any atom is -0.301 e. The molecule has 0 bridgehead atoms. The molecule has 1 nitrogen and oxygen atoms in total. The number of hydrogen-bond donors (Lipinski definition) is 0. The van der Waals surface area contributed by atoms with Crippen molar-refractivity contribution in [3.63, 3.8) is 0 Å². The summed E-state index contributed by atoms with van der Waals surface area (Å²) < 4.78 is 0. The lowest BCUT2D eigenvalue weighted by atomic mass is 10.0. The third-order valence-electron chi connectivity index (χ3n) is 5.91. The summed E-state index contributed by atoms with van der Waals surface area (Å²) in [6.45, 7) is 11.7. The van der Waals surface area contributed by atoms with Crippen molar-refractivity contribution in [2.45, 2.75) is 143 Å². The van der Waals surface area contributed by atoms with E-state index in [1.807, 2.05) is 0 Å². The van der Waals surface area contributed by atoms with Crippen LogP contribution in [0, 0.1) is 0 Å². The van der Waals surface area contributed by atoms with Gasteiger partial charge in [0.1, 0.15) is 0 Å². The zero-order valence-electron chi connectivity index (χ0n) is 18.5. The molecule has 0 rings (SSSR count). The van der Waals surface area contributed by atoms with Crippen LogP contribution >= 0.6 is 0 Å². The minimum absolute atomic E-state index is 0.779. The summed E-state index contributed by atoms with van der Waals surface area (Å²) in [4.78, 5) is 2.59. The van der Waals surface area contributed by atoms with Gasteiger partial charge < -0.3 is 4.90 Å². The van der Waals surface area contributed by atoms with Crippen molar-refractivity contribution >= 4 is 0 Å². The van der Waals surface area contributed by atoms with Crippen LogP contribution in [0.5, 0.6) is 0 Å². The first-order valence-electron chi connectivity index (χ1n) is 12.0. The van der Waals surface area contributed by atoms with E-state index < -0.39 is 0 Å². The molecule has 152 valence electrons. The molecule has 1 unspecified atom stereocenters. The fraction of sp³-hybridized carbons (Fsp3) is 1.00. The Morgan fingerprint density at radius 1 is 0.480 bits per heavy atom. The maximum absolute atomic E-state index is 2.59. The molecule has 1 heteroatoms. The lowest BCUT2D eigenvalue weighted by Gasteiger charge is -2.26. The SMILES string of the molecule is CCCCCCCCCCCCCCCCCCC(C)N(CC)CC. The quantitative estimate of drug-likeness (QED) is 0.199. The molecular formula is C24H51N. The van der Waals surface area contributed by atoms with E-state index in [-0.39, 0.29) is 0 Å². The smallest absolute Gasteiger partial charge is 0.00666 e. The molecule has 0 aliphatic rings. The molecule has 0 radical (unpaired) electrons. The summed E-state index contributed by atoms with van der Waals surface area (Å²) in [6, 6.07) is 0.779. The molecule has 0 heterocycles. The van der Waals surface area contributed by atoms with Crippen molar-refractivity contribution in [3.05, 3.63) is 0 Å². The maximum Gasteiger partial charge on any atom is 0.00666 e. The van der Waals surface area contributed by atoms with Gasteiger partial charge in [0.05, 0.1) is 0 Å². The average Bonchev–Trinajstić information content (AvgIpc) is 2.62. The molecular weight excluding hydrogens is 302 g/mol. The van der Waals surface area contributed by atoms with Gasteiger partial charge in [0.25, 0.3) is 0 Å². The van der Waals surface area contributed by atoms with Gasteiger partial charge in [-0.15, -0.1) is 0 Å². The highest BCUT2D eigenvalue weighted by Gasteiger charge is 2.08. The number of nitrogens with zero attached hydrogens (tertiary/aromatic N) is 1. The van der Waals surface area contributed by atoms with E-state index in [0.29, 0.717) is 0 Å². The highest BCUT2D eigenvalue weighted by atomic mass is 15.1. The molecule has 0 saturated heterocycles. The predicted molar refractivity (Wildman–Crippen MR) is 117 cm³/mol. The molecule has 0 N–H and O–H groups in total. The van der Waals surface area contributed by atoms with Crippen LogP contribution in [0.25, 0.3) is 0 Å². The Hall–Kier alpha value is -0.0400. The molecule has 0 aliphatic carbocycles. The van der Waals surface area contributed by atoms with Crippen LogP contribution in [0.4, 0.5) is 0 Å². The van der Waals surface area contributed by atoms with Gasteiger partial charge in [0, 0.05) is 6.04 Å². The Labute approximate surface area is 161 Å². The summed E-state index contributed by atoms with van der Waals surface area (Å²) in [6.07, 6.45) is 24.8. The van der Waals surface area contributed by atoms with E-state index in [4.69, 9.17) is 0 Å². The zero-order chi connectivity index (χ0) is 18.6. The Morgan fingerprint density at radius 3 is 1.12 bits per heavy atom. The van der Waals surface area contributed by atoms with Gasteiger partial charge in [-0.25, -0.2) is 0 Å². The van der Waals surface area contributed by atoms with E-state index in [2.05, 4.69) is 32.6 Å². The molecule has 0 aromatic carbocycles. The van der Waals surface area contributed by atoms with E-state index >= 15 is 0 Å². The van der Waals surface area contributed by atoms with Crippen LogP contribution in [-0.2, 0) is 0 Å². The zero-order valence-corrected chi connectivity index (χ0v) is 18.5. The molecule has 0 fully saturated rings. The minimum atomic E-state index is 0.779. The highest BCUT2D eigenvalue weighted by Crippen LogP contribution is 2.15. The van der Waals surface area contributed by atoms with Crippen LogP contribution in [-0.4, -0.2) is 24.0 Å². The lowest BCUT2D eigenvalue weighted by molar-refractivity contribution is 0.217. The Morgan fingerprint density at radius 2 is 0.800 bits per heavy atom. The molecule has 0 aromatic heterocycles. The van der Waals surface area contributed by atoms with Crippen molar-refractivity contribution in [2.24, 2.45) is 0 Å². The van der Waals surface area contributed by atoms with E-state index in [0.717, 1.165) is 6.04 Å². The monoisotopic (exact) mass is 353 g/mol. The van der Waals surface area contributed by atoms with Crippen molar-refractivity contribution in [2.75, 3.05) is 13.1 Å². The topological polar surface area (TPSA) is 3.24 Å². The first-order valence-corrected chi connectivity index (χ1v) is 12.0. The van der Waals surface area contributed by atoms with Gasteiger partial charge in [0.15, 0.2) is 0 Å². The van der Waals surface area contributed by atoms with Crippen LogP contribution in [0.1, 0.15) is 137 Å². The Kier molecular flexibility index (Phi) is 20.2. The van der Waals surface area contributed by atoms with Gasteiger partial charge in [-0.1, -0.05) is 124 Å². The van der Waals surface area contributed by atoms with Crippen molar-refractivity contribution in [1.29, 1.82) is 0 Å². The second-order valence-electron chi connectivity index (χ2n) is 8.16. The first kappa shape index (κ1) is 25.0. The van der Waals surface area contributed by atoms with Crippen LogP contribution in [0.15, 0.2) is 0 Å². The second-order valence-corrected chi connectivity index (χ2v) is 8.16. The van der Waals surface area contributed by atoms with E-state index in [9.17, 15) is 0 Å². The summed E-state index contributed by atoms with van der Waals surface area (Å²) in [7, 11) is 0. The molecule has 1 atom stereocenters. The van der Waals surface area contributed by atoms with Gasteiger partial charge in [-0.05, 0) is 26.4 Å². The second kappa shape index (κ2) is 20.3. The van der Waals surface area contributed by atoms with Crippen LogP contribution < -0.4 is 0 Å². The van der Waals surface area contributed by atoms with E-state index in [1.165, 1.54) is 122 Å². The highest BCUT2D eigenvalue weighted by molar-refractivity contribution is 4.64. The van der Waals surface area contributed by atoms with Crippen molar-refractivity contribution in [3.8, 4) is 0 Å². The summed E-state index contributed by atoms with van der Waals surface area (Å²) in [5.74, 6) is 0. The summed E-state index contributed by atoms with van der Waals surface area (Å²) in [5.41, 5.74) is 0. The standard InChI is InChI=1S/C24H51N/c1-5-8-9-10-11-12-13-14-15-16-17-18-19-20-21-22-23-24(4)25(6-2)7-3/h24H,5-23H2,1-4H3. The lowest BCUT2D eigenvalue weighted by Crippen LogP contribution is -2.32. The summed E-state index contributed by atoms with van der Waals surface area (Å²) >= 11 is 0. The Balaban J connectivity index is 3.14. The summed E-state index contributed by atoms with van der Waals surface area (Å²) in [5, 5.41) is 0. The molecule has 25 heavy (non-hydrogen) atoms. The fourth-order valence-corrected chi connectivity index (χ4v) is 4.02. The third-order valence-corrected chi connectivity index (χ3v) is 5.91. The van der Waals surface area contributed by atoms with E-state index in [1.54, 1.807) is 0 Å². The molecule has 0 saturated carbocycles. The largest absolute Gasteiger partial charge is 0.301 e. The predicted octanol–water partition coefficient (Wildman–Crippen LogP) is 8.37. The fourth-order valence-electron chi connectivity index (χ4n) is 4.02.